The fraction of sp³-hybridized carbons (Fsp3) is 0.667. The van der Waals surface area contributed by atoms with Crippen LogP contribution in [0.3, 0.4) is 0 Å². The summed E-state index contributed by atoms with van der Waals surface area (Å²) < 4.78 is 0. The van der Waals surface area contributed by atoms with Crippen LogP contribution in [0.2, 0.25) is 0 Å². The van der Waals surface area contributed by atoms with Crippen molar-refractivity contribution in [2.45, 2.75) is 19.8 Å². The number of nitrogens with one attached hydrogen (secondary N) is 1. The molecule has 1 aliphatic heterocycles. The maximum absolute atomic E-state index is 5.59. The summed E-state index contributed by atoms with van der Waals surface area (Å²) in [6.07, 6.45) is 4.34. The van der Waals surface area contributed by atoms with E-state index in [2.05, 4.69) is 27.2 Å². The Bertz CT molecular complexity index is 379. The quantitative estimate of drug-likeness (QED) is 0.822. The van der Waals surface area contributed by atoms with Gasteiger partial charge in [0.05, 0.1) is 0 Å². The molecule has 1 aromatic heterocycles. The molecule has 2 heterocycles. The first-order chi connectivity index (χ1) is 8.15. The van der Waals surface area contributed by atoms with Crippen molar-refractivity contribution < 1.29 is 0 Å². The lowest BCUT2D eigenvalue weighted by Crippen LogP contribution is -2.35. The topological polar surface area (TPSA) is 67.1 Å². The molecule has 0 saturated carbocycles. The predicted octanol–water partition coefficient (Wildman–Crippen LogP) is 1.12. The second kappa shape index (κ2) is 5.31. The number of hydrogen-bond acceptors (Lipinski definition) is 5. The van der Waals surface area contributed by atoms with Crippen molar-refractivity contribution in [3.8, 4) is 0 Å². The van der Waals surface area contributed by atoms with Crippen LogP contribution in [0.4, 0.5) is 11.8 Å². The molecule has 1 fully saturated rings. The Morgan fingerprint density at radius 2 is 2.41 bits per heavy atom. The maximum atomic E-state index is 5.59. The van der Waals surface area contributed by atoms with E-state index in [-0.39, 0.29) is 0 Å². The molecule has 1 saturated heterocycles. The summed E-state index contributed by atoms with van der Waals surface area (Å²) in [4.78, 5) is 10.6. The molecule has 94 valence electrons. The van der Waals surface area contributed by atoms with Crippen LogP contribution in [0.25, 0.3) is 0 Å². The van der Waals surface area contributed by atoms with Crippen LogP contribution >= 0.6 is 0 Å². The zero-order valence-corrected chi connectivity index (χ0v) is 10.6. The van der Waals surface area contributed by atoms with Crippen LogP contribution in [0.15, 0.2) is 6.20 Å². The molecule has 5 nitrogen and oxygen atoms in total. The molecule has 1 aromatic rings. The van der Waals surface area contributed by atoms with Gasteiger partial charge < -0.3 is 16.0 Å². The Kier molecular flexibility index (Phi) is 3.78. The largest absolute Gasteiger partial charge is 0.369 e. The molecular formula is C12H21N5. The van der Waals surface area contributed by atoms with Gasteiger partial charge in [0.15, 0.2) is 0 Å². The predicted molar refractivity (Wildman–Crippen MR) is 69.9 cm³/mol. The van der Waals surface area contributed by atoms with Gasteiger partial charge in [-0.1, -0.05) is 0 Å². The molecule has 1 unspecified atom stereocenters. The van der Waals surface area contributed by atoms with Gasteiger partial charge in [-0.3, -0.25) is 0 Å². The first-order valence-electron chi connectivity index (χ1n) is 6.16. The number of aryl methyl sites for hydroxylation is 1. The zero-order valence-electron chi connectivity index (χ0n) is 10.6. The van der Waals surface area contributed by atoms with Crippen LogP contribution in [-0.4, -0.2) is 41.5 Å². The van der Waals surface area contributed by atoms with E-state index in [1.807, 2.05) is 6.92 Å². The highest BCUT2D eigenvalue weighted by Gasteiger charge is 2.17. The summed E-state index contributed by atoms with van der Waals surface area (Å²) in [6.45, 7) is 5.33. The molecule has 3 N–H and O–H groups in total. The molecule has 0 aliphatic carbocycles. The van der Waals surface area contributed by atoms with Gasteiger partial charge in [-0.15, -0.1) is 0 Å². The highest BCUT2D eigenvalue weighted by Crippen LogP contribution is 2.17. The van der Waals surface area contributed by atoms with Gasteiger partial charge in [0.2, 0.25) is 5.95 Å². The van der Waals surface area contributed by atoms with Gasteiger partial charge in [0.1, 0.15) is 5.82 Å². The molecule has 0 aromatic carbocycles. The van der Waals surface area contributed by atoms with Gasteiger partial charge in [-0.2, -0.15) is 4.98 Å². The molecule has 0 bridgehead atoms. The number of nitrogens with zero attached hydrogens (tertiary/aromatic N) is 3. The standard InChI is InChI=1S/C12H21N5/c1-9-6-15-12(13)16-11(9)14-7-10-4-3-5-17(2)8-10/h6,10H,3-5,7-8H2,1-2H3,(H3,13,14,15,16). The van der Waals surface area contributed by atoms with E-state index >= 15 is 0 Å². The molecule has 0 radical (unpaired) electrons. The van der Waals surface area contributed by atoms with Crippen molar-refractivity contribution in [3.63, 3.8) is 0 Å². The summed E-state index contributed by atoms with van der Waals surface area (Å²) in [7, 11) is 2.18. The third-order valence-electron chi connectivity index (χ3n) is 3.27. The Labute approximate surface area is 102 Å². The van der Waals surface area contributed by atoms with Crippen molar-refractivity contribution >= 4 is 11.8 Å². The smallest absolute Gasteiger partial charge is 0.221 e. The first kappa shape index (κ1) is 12.1. The van der Waals surface area contributed by atoms with Gasteiger partial charge in [0.25, 0.3) is 0 Å². The van der Waals surface area contributed by atoms with E-state index in [0.717, 1.165) is 24.5 Å². The van der Waals surface area contributed by atoms with Crippen molar-refractivity contribution in [2.24, 2.45) is 5.92 Å². The Morgan fingerprint density at radius 3 is 3.18 bits per heavy atom. The van der Waals surface area contributed by atoms with Crippen molar-refractivity contribution in [1.82, 2.24) is 14.9 Å². The highest BCUT2D eigenvalue weighted by molar-refractivity contribution is 5.45. The second-order valence-electron chi connectivity index (χ2n) is 4.91. The van der Waals surface area contributed by atoms with E-state index in [9.17, 15) is 0 Å². The molecular weight excluding hydrogens is 214 g/mol. The molecule has 1 aliphatic rings. The fourth-order valence-corrected chi connectivity index (χ4v) is 2.32. The molecule has 2 rings (SSSR count). The van der Waals surface area contributed by atoms with Crippen molar-refractivity contribution in [3.05, 3.63) is 11.8 Å². The minimum Gasteiger partial charge on any atom is -0.369 e. The first-order valence-corrected chi connectivity index (χ1v) is 6.16. The fourth-order valence-electron chi connectivity index (χ4n) is 2.32. The number of anilines is 2. The minimum absolute atomic E-state index is 0.332. The SMILES string of the molecule is Cc1cnc(N)nc1NCC1CCCN(C)C1. The van der Waals surface area contributed by atoms with E-state index in [1.54, 1.807) is 6.20 Å². The van der Waals surface area contributed by atoms with Gasteiger partial charge in [-0.05, 0) is 39.3 Å². The monoisotopic (exact) mass is 235 g/mol. The average Bonchev–Trinajstić information content (AvgIpc) is 2.30. The Morgan fingerprint density at radius 1 is 1.59 bits per heavy atom. The van der Waals surface area contributed by atoms with Gasteiger partial charge in [-0.25, -0.2) is 4.98 Å². The highest BCUT2D eigenvalue weighted by atomic mass is 15.1. The van der Waals surface area contributed by atoms with E-state index < -0.39 is 0 Å². The van der Waals surface area contributed by atoms with E-state index in [1.165, 1.54) is 19.4 Å². The lowest BCUT2D eigenvalue weighted by Gasteiger charge is -2.29. The van der Waals surface area contributed by atoms with Gasteiger partial charge in [0, 0.05) is 24.8 Å². The normalized spacial score (nSPS) is 21.4. The van der Waals surface area contributed by atoms with Crippen molar-refractivity contribution in [2.75, 3.05) is 37.7 Å². The number of hydrogen-bond donors (Lipinski definition) is 2. The van der Waals surface area contributed by atoms with Crippen LogP contribution in [0.5, 0.6) is 0 Å². The minimum atomic E-state index is 0.332. The maximum Gasteiger partial charge on any atom is 0.221 e. The Hall–Kier alpha value is -1.36. The molecule has 5 heteroatoms. The lowest BCUT2D eigenvalue weighted by atomic mass is 9.98. The van der Waals surface area contributed by atoms with Gasteiger partial charge >= 0.3 is 0 Å². The number of rotatable bonds is 3. The van der Waals surface area contributed by atoms with Crippen molar-refractivity contribution in [1.29, 1.82) is 0 Å². The van der Waals surface area contributed by atoms with E-state index in [4.69, 9.17) is 5.73 Å². The lowest BCUT2D eigenvalue weighted by molar-refractivity contribution is 0.217. The summed E-state index contributed by atoms with van der Waals surface area (Å²) in [6, 6.07) is 0. The van der Waals surface area contributed by atoms with Crippen LogP contribution in [0.1, 0.15) is 18.4 Å². The van der Waals surface area contributed by atoms with E-state index in [0.29, 0.717) is 11.9 Å². The third-order valence-corrected chi connectivity index (χ3v) is 3.27. The third kappa shape index (κ3) is 3.30. The number of aromatic nitrogens is 2. The average molecular weight is 235 g/mol. The zero-order chi connectivity index (χ0) is 12.3. The van der Waals surface area contributed by atoms with Crippen LogP contribution < -0.4 is 11.1 Å². The summed E-state index contributed by atoms with van der Waals surface area (Å²) in [5, 5.41) is 3.39. The van der Waals surface area contributed by atoms with Crippen LogP contribution in [-0.2, 0) is 0 Å². The molecule has 0 amide bonds. The number of nitrogen functional groups attached to an aromatic ring is 1. The summed E-state index contributed by atoms with van der Waals surface area (Å²) in [5.41, 5.74) is 6.63. The molecule has 17 heavy (non-hydrogen) atoms. The summed E-state index contributed by atoms with van der Waals surface area (Å²) in [5.74, 6) is 1.90. The summed E-state index contributed by atoms with van der Waals surface area (Å²) >= 11 is 0. The number of nitrogens with two attached hydrogens (primary N) is 1. The number of piperidine rings is 1. The van der Waals surface area contributed by atoms with Crippen LogP contribution in [0, 0.1) is 12.8 Å². The second-order valence-corrected chi connectivity index (χ2v) is 4.91. The molecule has 1 atom stereocenters. The molecule has 0 spiro atoms. The Balaban J connectivity index is 1.90. The number of likely N-dealkylation sites (tertiary alicyclic amines) is 1.